The first-order valence-corrected chi connectivity index (χ1v) is 9.00. The van der Waals surface area contributed by atoms with Crippen LogP contribution >= 0.6 is 0 Å². The number of fused-ring (bicyclic) bond motifs is 1. The van der Waals surface area contributed by atoms with Crippen LogP contribution in [0.4, 0.5) is 14.5 Å². The van der Waals surface area contributed by atoms with Crippen molar-refractivity contribution in [1.29, 1.82) is 0 Å². The van der Waals surface area contributed by atoms with Gasteiger partial charge in [-0.2, -0.15) is 5.10 Å². The largest absolute Gasteiger partial charge is 0.495 e. The van der Waals surface area contributed by atoms with Crippen LogP contribution < -0.4 is 10.1 Å². The number of nitrogens with one attached hydrogen (secondary N) is 1. The molecule has 0 atom stereocenters. The number of anilines is 1. The van der Waals surface area contributed by atoms with Crippen LogP contribution in [0.5, 0.6) is 5.75 Å². The predicted molar refractivity (Wildman–Crippen MR) is 101 cm³/mol. The maximum absolute atomic E-state index is 13.7. The van der Waals surface area contributed by atoms with Gasteiger partial charge in [-0.1, -0.05) is 6.07 Å². The van der Waals surface area contributed by atoms with Gasteiger partial charge in [0, 0.05) is 17.3 Å². The minimum absolute atomic E-state index is 0.292. The first-order chi connectivity index (χ1) is 13.5. The Kier molecular flexibility index (Phi) is 4.58. The van der Waals surface area contributed by atoms with E-state index in [0.717, 1.165) is 41.8 Å². The monoisotopic (exact) mass is 383 g/mol. The molecule has 4 rings (SSSR count). The molecule has 0 spiro atoms. The molecule has 0 fully saturated rings. The minimum Gasteiger partial charge on any atom is -0.495 e. The highest BCUT2D eigenvalue weighted by atomic mass is 19.2. The number of hydrogen-bond acceptors (Lipinski definition) is 3. The van der Waals surface area contributed by atoms with E-state index in [4.69, 9.17) is 4.74 Å². The maximum atomic E-state index is 13.7. The molecule has 0 saturated carbocycles. The smallest absolute Gasteiger partial charge is 0.276 e. The molecule has 5 nitrogen and oxygen atoms in total. The van der Waals surface area contributed by atoms with Gasteiger partial charge in [-0.05, 0) is 56.0 Å². The zero-order valence-corrected chi connectivity index (χ0v) is 15.6. The van der Waals surface area contributed by atoms with E-state index in [0.29, 0.717) is 29.2 Å². The van der Waals surface area contributed by atoms with Gasteiger partial charge >= 0.3 is 0 Å². The Bertz CT molecular complexity index is 1080. The lowest BCUT2D eigenvalue weighted by Crippen LogP contribution is -2.15. The third kappa shape index (κ3) is 3.13. The van der Waals surface area contributed by atoms with Gasteiger partial charge in [-0.25, -0.2) is 13.5 Å². The average Bonchev–Trinajstić information content (AvgIpc) is 3.27. The molecule has 144 valence electrons. The molecule has 1 heterocycles. The van der Waals surface area contributed by atoms with E-state index in [1.165, 1.54) is 17.9 Å². The van der Waals surface area contributed by atoms with Crippen molar-refractivity contribution in [3.8, 4) is 11.4 Å². The number of nitrogens with zero attached hydrogens (tertiary/aromatic N) is 2. The highest BCUT2D eigenvalue weighted by Crippen LogP contribution is 2.30. The molecule has 3 aromatic rings. The van der Waals surface area contributed by atoms with E-state index in [9.17, 15) is 13.6 Å². The van der Waals surface area contributed by atoms with Crippen molar-refractivity contribution in [3.63, 3.8) is 0 Å². The summed E-state index contributed by atoms with van der Waals surface area (Å²) in [7, 11) is 1.54. The number of methoxy groups -OCH3 is 1. The molecule has 1 amide bonds. The standard InChI is InChI=1S/C21H19F2N3O2/c1-12-6-9-19(28-2)17(10-12)24-21(27)20-14-4-3-5-18(14)26(25-20)13-7-8-15(22)16(23)11-13/h6-11H,3-5H2,1-2H3,(H,24,27). The van der Waals surface area contributed by atoms with E-state index in [1.807, 2.05) is 19.1 Å². The van der Waals surface area contributed by atoms with E-state index >= 15 is 0 Å². The summed E-state index contributed by atoms with van der Waals surface area (Å²) in [5.74, 6) is -1.67. The number of ether oxygens (including phenoxy) is 1. The molecule has 1 N–H and O–H groups in total. The summed E-state index contributed by atoms with van der Waals surface area (Å²) in [5.41, 5.74) is 3.92. The average molecular weight is 383 g/mol. The lowest BCUT2D eigenvalue weighted by Gasteiger charge is -2.10. The molecular formula is C21H19F2N3O2. The lowest BCUT2D eigenvalue weighted by atomic mass is 10.1. The fourth-order valence-electron chi connectivity index (χ4n) is 3.55. The molecular weight excluding hydrogens is 364 g/mol. The van der Waals surface area contributed by atoms with Gasteiger partial charge in [-0.3, -0.25) is 4.79 Å². The number of carbonyl (C=O) groups excluding carboxylic acids is 1. The van der Waals surface area contributed by atoms with E-state index < -0.39 is 11.6 Å². The van der Waals surface area contributed by atoms with Gasteiger partial charge in [0.25, 0.3) is 5.91 Å². The minimum atomic E-state index is -0.949. The first-order valence-electron chi connectivity index (χ1n) is 9.00. The first kappa shape index (κ1) is 18.2. The van der Waals surface area contributed by atoms with E-state index in [1.54, 1.807) is 6.07 Å². The molecule has 1 aliphatic carbocycles. The molecule has 0 unspecified atom stereocenters. The SMILES string of the molecule is COc1ccc(C)cc1NC(=O)c1nn(-c2ccc(F)c(F)c2)c2c1CCC2. The summed E-state index contributed by atoms with van der Waals surface area (Å²) in [4.78, 5) is 12.9. The quantitative estimate of drug-likeness (QED) is 0.734. The number of aryl methyl sites for hydroxylation is 1. The summed E-state index contributed by atoms with van der Waals surface area (Å²) in [6.07, 6.45) is 2.32. The summed E-state index contributed by atoms with van der Waals surface area (Å²) in [5, 5.41) is 7.28. The van der Waals surface area contributed by atoms with E-state index in [-0.39, 0.29) is 5.91 Å². The number of halogens is 2. The Morgan fingerprint density at radius 3 is 2.71 bits per heavy atom. The second kappa shape index (κ2) is 7.07. The van der Waals surface area contributed by atoms with Crippen LogP contribution in [-0.2, 0) is 12.8 Å². The molecule has 0 saturated heterocycles. The van der Waals surface area contributed by atoms with Crippen molar-refractivity contribution in [1.82, 2.24) is 9.78 Å². The third-order valence-electron chi connectivity index (χ3n) is 4.90. The molecule has 28 heavy (non-hydrogen) atoms. The van der Waals surface area contributed by atoms with Gasteiger partial charge in [0.2, 0.25) is 0 Å². The Labute approximate surface area is 160 Å². The van der Waals surface area contributed by atoms with Crippen LogP contribution in [0.15, 0.2) is 36.4 Å². The molecule has 1 aliphatic rings. The van der Waals surface area contributed by atoms with Crippen molar-refractivity contribution >= 4 is 11.6 Å². The second-order valence-electron chi connectivity index (χ2n) is 6.80. The Balaban J connectivity index is 1.72. The van der Waals surface area contributed by atoms with Crippen molar-refractivity contribution in [2.45, 2.75) is 26.2 Å². The van der Waals surface area contributed by atoms with Gasteiger partial charge < -0.3 is 10.1 Å². The number of rotatable bonds is 4. The number of carbonyl (C=O) groups is 1. The lowest BCUT2D eigenvalue weighted by molar-refractivity contribution is 0.102. The van der Waals surface area contributed by atoms with Gasteiger partial charge in [0.05, 0.1) is 18.5 Å². The van der Waals surface area contributed by atoms with E-state index in [2.05, 4.69) is 10.4 Å². The van der Waals surface area contributed by atoms with Crippen LogP contribution in [0.1, 0.15) is 33.7 Å². The summed E-state index contributed by atoms with van der Waals surface area (Å²) < 4.78 is 33.8. The molecule has 0 aliphatic heterocycles. The van der Waals surface area contributed by atoms with Crippen LogP contribution in [0.2, 0.25) is 0 Å². The van der Waals surface area contributed by atoms with Crippen LogP contribution in [0.3, 0.4) is 0 Å². The molecule has 2 aromatic carbocycles. The fraction of sp³-hybridized carbons (Fsp3) is 0.238. The van der Waals surface area contributed by atoms with Crippen molar-refractivity contribution in [3.05, 3.63) is 70.5 Å². The van der Waals surface area contributed by atoms with Crippen molar-refractivity contribution in [2.24, 2.45) is 0 Å². The summed E-state index contributed by atoms with van der Waals surface area (Å²) in [6.45, 7) is 1.92. The zero-order valence-electron chi connectivity index (χ0n) is 15.6. The van der Waals surface area contributed by atoms with Crippen molar-refractivity contribution < 1.29 is 18.3 Å². The molecule has 0 radical (unpaired) electrons. The Morgan fingerprint density at radius 2 is 1.96 bits per heavy atom. The molecule has 1 aromatic heterocycles. The number of amides is 1. The third-order valence-corrected chi connectivity index (χ3v) is 4.90. The van der Waals surface area contributed by atoms with Gasteiger partial charge in [0.15, 0.2) is 17.3 Å². The highest BCUT2D eigenvalue weighted by molar-refractivity contribution is 6.05. The fourth-order valence-corrected chi connectivity index (χ4v) is 3.55. The maximum Gasteiger partial charge on any atom is 0.276 e. The zero-order chi connectivity index (χ0) is 19.8. The van der Waals surface area contributed by atoms with Crippen LogP contribution in [0, 0.1) is 18.6 Å². The normalized spacial score (nSPS) is 12.7. The molecule has 0 bridgehead atoms. The molecule has 7 heteroatoms. The van der Waals surface area contributed by atoms with Gasteiger partial charge in [0.1, 0.15) is 5.75 Å². The van der Waals surface area contributed by atoms with Crippen LogP contribution in [-0.4, -0.2) is 22.8 Å². The number of benzene rings is 2. The Hall–Kier alpha value is -3.22. The van der Waals surface area contributed by atoms with Gasteiger partial charge in [-0.15, -0.1) is 0 Å². The van der Waals surface area contributed by atoms with Crippen LogP contribution in [0.25, 0.3) is 5.69 Å². The number of aromatic nitrogens is 2. The Morgan fingerprint density at radius 1 is 1.14 bits per heavy atom. The number of hydrogen-bond donors (Lipinski definition) is 1. The van der Waals surface area contributed by atoms with Crippen molar-refractivity contribution in [2.75, 3.05) is 12.4 Å². The topological polar surface area (TPSA) is 56.1 Å². The summed E-state index contributed by atoms with van der Waals surface area (Å²) >= 11 is 0. The second-order valence-corrected chi connectivity index (χ2v) is 6.80. The predicted octanol–water partition coefficient (Wildman–Crippen LogP) is 4.21. The highest BCUT2D eigenvalue weighted by Gasteiger charge is 2.27. The summed E-state index contributed by atoms with van der Waals surface area (Å²) in [6, 6.07) is 9.11.